The molecule has 19 heteroatoms. The van der Waals surface area contributed by atoms with Crippen molar-refractivity contribution in [2.75, 3.05) is 6.61 Å². The molecule has 2 rings (SSSR count). The predicted molar refractivity (Wildman–Crippen MR) is 89.1 cm³/mol. The number of ether oxygens (including phenoxy) is 1. The molecule has 0 amide bonds. The molecule has 1 saturated heterocycles. The molecule has 0 bridgehead atoms. The van der Waals surface area contributed by atoms with Crippen molar-refractivity contribution in [1.29, 1.82) is 0 Å². The van der Waals surface area contributed by atoms with Gasteiger partial charge in [-0.25, -0.2) is 18.1 Å². The van der Waals surface area contributed by atoms with Gasteiger partial charge in [-0.1, -0.05) is 0 Å². The van der Waals surface area contributed by atoms with E-state index in [9.17, 15) is 27.8 Å². The Morgan fingerprint density at radius 2 is 1.89 bits per heavy atom. The van der Waals surface area contributed by atoms with E-state index in [1.54, 1.807) is 0 Å². The topological polar surface area (TPSA) is 207 Å². The van der Waals surface area contributed by atoms with Gasteiger partial charge in [-0.3, -0.25) is 18.9 Å². The van der Waals surface area contributed by atoms with Crippen LogP contribution in [0.2, 0.25) is 0 Å². The monoisotopic (exact) mass is 486 g/mol. The fourth-order valence-corrected chi connectivity index (χ4v) is 5.48. The Labute approximate surface area is 160 Å². The number of aromatic nitrogens is 2. The molecule has 0 radical (unpaired) electrons. The number of rotatable bonds is 8. The zero-order valence-electron chi connectivity index (χ0n) is 13.4. The first-order chi connectivity index (χ1) is 12.7. The van der Waals surface area contributed by atoms with Crippen LogP contribution in [0, 0.1) is 4.77 Å². The van der Waals surface area contributed by atoms with E-state index in [1.165, 1.54) is 6.20 Å². The van der Waals surface area contributed by atoms with E-state index in [0.717, 1.165) is 10.6 Å². The molecule has 28 heavy (non-hydrogen) atoms. The van der Waals surface area contributed by atoms with Crippen molar-refractivity contribution in [3.8, 4) is 0 Å². The summed E-state index contributed by atoms with van der Waals surface area (Å²) < 4.78 is 65.3. The van der Waals surface area contributed by atoms with Crippen LogP contribution in [0.5, 0.6) is 0 Å². The fraction of sp³-hybridized carbons (Fsp3) is 0.556. The molecule has 0 saturated carbocycles. The minimum atomic E-state index is -5.65. The molecular formula is C9H14FN2O12P3S. The number of nitrogens with one attached hydrogen (secondary N) is 1. The highest BCUT2D eigenvalue weighted by atomic mass is 32.1. The Morgan fingerprint density at radius 1 is 1.25 bits per heavy atom. The molecule has 0 aromatic carbocycles. The van der Waals surface area contributed by atoms with E-state index in [1.807, 2.05) is 0 Å². The Bertz CT molecular complexity index is 976. The molecule has 1 aliphatic heterocycles. The molecule has 1 aromatic heterocycles. The average molecular weight is 486 g/mol. The number of phosphoric acid groups is 3. The number of H-pyrrole nitrogens is 1. The quantitative estimate of drug-likeness (QED) is 0.256. The first kappa shape index (κ1) is 23.7. The lowest BCUT2D eigenvalue weighted by Crippen LogP contribution is -2.21. The van der Waals surface area contributed by atoms with Crippen LogP contribution in [0.3, 0.4) is 0 Å². The van der Waals surface area contributed by atoms with Gasteiger partial charge in [0.2, 0.25) is 0 Å². The molecule has 0 aliphatic carbocycles. The number of nitrogens with zero attached hydrogens (tertiary/aromatic N) is 1. The standard InChI is InChI=1S/C9H14FN2O12P3S/c10-6-3-5(22-8(6)12-2-1-7(13)11-9(12)28)4-21-26(17,18)24-27(19,20)23-25(14,15)16/h1-2,5-6,8H,3-4H2,(H,17,18)(H,19,20)(H,11,13,28)(H2,14,15,16)/t5-,6?,8+/m0/s1. The van der Waals surface area contributed by atoms with Crippen LogP contribution in [0.4, 0.5) is 4.39 Å². The molecule has 160 valence electrons. The average Bonchev–Trinajstić information content (AvgIpc) is 2.82. The van der Waals surface area contributed by atoms with Gasteiger partial charge in [-0.15, -0.1) is 0 Å². The number of aromatic amines is 1. The van der Waals surface area contributed by atoms with E-state index in [2.05, 4.69) is 18.1 Å². The van der Waals surface area contributed by atoms with Crippen molar-refractivity contribution < 1.29 is 55.5 Å². The zero-order chi connectivity index (χ0) is 21.3. The summed E-state index contributed by atoms with van der Waals surface area (Å²) in [6, 6.07) is 1.07. The lowest BCUT2D eigenvalue weighted by atomic mass is 10.2. The molecule has 0 spiro atoms. The molecular weight excluding hydrogens is 472 g/mol. The van der Waals surface area contributed by atoms with E-state index in [4.69, 9.17) is 31.6 Å². The van der Waals surface area contributed by atoms with Gasteiger partial charge in [-0.05, 0) is 12.2 Å². The first-order valence-electron chi connectivity index (χ1n) is 7.07. The Hall–Kier alpha value is -0.600. The van der Waals surface area contributed by atoms with E-state index in [0.29, 0.717) is 0 Å². The van der Waals surface area contributed by atoms with Crippen LogP contribution in [0.15, 0.2) is 17.1 Å². The van der Waals surface area contributed by atoms with Crippen LogP contribution in [-0.4, -0.2) is 48.0 Å². The van der Waals surface area contributed by atoms with Crippen molar-refractivity contribution in [2.24, 2.45) is 0 Å². The summed E-state index contributed by atoms with van der Waals surface area (Å²) in [5.41, 5.74) is -0.515. The zero-order valence-corrected chi connectivity index (χ0v) is 16.9. The maximum absolute atomic E-state index is 14.2. The molecule has 5 atom stereocenters. The molecule has 1 fully saturated rings. The largest absolute Gasteiger partial charge is 0.490 e. The van der Waals surface area contributed by atoms with Crippen LogP contribution in [-0.2, 0) is 31.6 Å². The number of hydrogen-bond acceptors (Lipinski definition) is 9. The first-order valence-corrected chi connectivity index (χ1v) is 12.0. The number of alkyl halides is 1. The maximum Gasteiger partial charge on any atom is 0.490 e. The molecule has 1 aromatic rings. The van der Waals surface area contributed by atoms with Crippen LogP contribution >= 0.6 is 35.7 Å². The molecule has 1 aliphatic rings. The van der Waals surface area contributed by atoms with Gasteiger partial charge in [0.05, 0.1) is 12.7 Å². The Morgan fingerprint density at radius 3 is 2.46 bits per heavy atom. The summed E-state index contributed by atoms with van der Waals surface area (Å²) in [7, 11) is -16.5. The normalized spacial score (nSPS) is 27.2. The van der Waals surface area contributed by atoms with Crippen molar-refractivity contribution >= 4 is 35.7 Å². The molecule has 3 unspecified atom stereocenters. The van der Waals surface area contributed by atoms with Crippen molar-refractivity contribution in [3.05, 3.63) is 27.4 Å². The highest BCUT2D eigenvalue weighted by Crippen LogP contribution is 2.66. The Kier molecular flexibility index (Phi) is 7.31. The second kappa shape index (κ2) is 8.64. The second-order valence-electron chi connectivity index (χ2n) is 5.30. The highest BCUT2D eigenvalue weighted by Gasteiger charge is 2.42. The summed E-state index contributed by atoms with van der Waals surface area (Å²) in [6.07, 6.45) is -3.20. The van der Waals surface area contributed by atoms with Gasteiger partial charge in [0.1, 0.15) is 6.17 Å². The van der Waals surface area contributed by atoms with Crippen LogP contribution in [0.1, 0.15) is 12.6 Å². The summed E-state index contributed by atoms with van der Waals surface area (Å²) in [6.45, 7) is -0.794. The third-order valence-corrected chi connectivity index (χ3v) is 7.21. The van der Waals surface area contributed by atoms with Crippen molar-refractivity contribution in [2.45, 2.75) is 24.9 Å². The maximum atomic E-state index is 14.2. The van der Waals surface area contributed by atoms with Crippen molar-refractivity contribution in [1.82, 2.24) is 9.55 Å². The summed E-state index contributed by atoms with van der Waals surface area (Å²) in [5, 5.41) is 0. The van der Waals surface area contributed by atoms with E-state index >= 15 is 0 Å². The van der Waals surface area contributed by atoms with Gasteiger partial charge in [0, 0.05) is 18.7 Å². The summed E-state index contributed by atoms with van der Waals surface area (Å²) in [4.78, 5) is 48.7. The lowest BCUT2D eigenvalue weighted by molar-refractivity contribution is -0.0379. The second-order valence-corrected chi connectivity index (χ2v) is 10.1. The number of hydrogen-bond donors (Lipinski definition) is 5. The van der Waals surface area contributed by atoms with Crippen LogP contribution < -0.4 is 5.56 Å². The minimum Gasteiger partial charge on any atom is -0.349 e. The minimum absolute atomic E-state index is 0.131. The Balaban J connectivity index is 1.98. The number of phosphoric ester groups is 1. The third-order valence-electron chi connectivity index (χ3n) is 3.09. The van der Waals surface area contributed by atoms with Crippen molar-refractivity contribution in [3.63, 3.8) is 0 Å². The predicted octanol–water partition coefficient (Wildman–Crippen LogP) is 0.875. The van der Waals surface area contributed by atoms with E-state index in [-0.39, 0.29) is 11.2 Å². The highest BCUT2D eigenvalue weighted by molar-refractivity contribution is 7.71. The van der Waals surface area contributed by atoms with Gasteiger partial charge < -0.3 is 24.3 Å². The lowest BCUT2D eigenvalue weighted by Gasteiger charge is -2.19. The van der Waals surface area contributed by atoms with E-state index < -0.39 is 54.1 Å². The van der Waals surface area contributed by atoms with Gasteiger partial charge in [-0.2, -0.15) is 8.62 Å². The molecule has 2 heterocycles. The number of halogens is 1. The smallest absolute Gasteiger partial charge is 0.349 e. The van der Waals surface area contributed by atoms with Gasteiger partial charge in [0.25, 0.3) is 5.56 Å². The SMILES string of the molecule is O=c1ccn([C@@H]2O[C@H](COP(=O)(O)OP(=O)(O)OP(=O)(O)O)CC2F)c(=S)[nH]1. The van der Waals surface area contributed by atoms with Crippen LogP contribution in [0.25, 0.3) is 0 Å². The molecule has 14 nitrogen and oxygen atoms in total. The van der Waals surface area contributed by atoms with Gasteiger partial charge >= 0.3 is 23.5 Å². The molecule has 5 N–H and O–H groups in total. The summed E-state index contributed by atoms with van der Waals surface area (Å²) in [5.74, 6) is 0. The fourth-order valence-electron chi connectivity index (χ4n) is 2.16. The van der Waals surface area contributed by atoms with Gasteiger partial charge in [0.15, 0.2) is 11.0 Å². The summed E-state index contributed by atoms with van der Waals surface area (Å²) >= 11 is 4.88. The third kappa shape index (κ3) is 7.02.